The first kappa shape index (κ1) is 13.1. The van der Waals surface area contributed by atoms with Gasteiger partial charge in [0.1, 0.15) is 0 Å². The minimum absolute atomic E-state index is 0.858. The summed E-state index contributed by atoms with van der Waals surface area (Å²) in [5, 5.41) is 4.63. The van der Waals surface area contributed by atoms with Crippen molar-refractivity contribution < 1.29 is 0 Å². The van der Waals surface area contributed by atoms with Crippen LogP contribution in [0.2, 0.25) is 0 Å². The minimum Gasteiger partial charge on any atom is -0.381 e. The summed E-state index contributed by atoms with van der Waals surface area (Å²) in [5.74, 6) is 0. The molecule has 3 rings (SSSR count). The van der Waals surface area contributed by atoms with Gasteiger partial charge in [-0.3, -0.25) is 0 Å². The van der Waals surface area contributed by atoms with E-state index >= 15 is 0 Å². The fourth-order valence-corrected chi connectivity index (χ4v) is 3.22. The third-order valence-electron chi connectivity index (χ3n) is 3.70. The Morgan fingerprint density at radius 1 is 1.10 bits per heavy atom. The van der Waals surface area contributed by atoms with Crippen LogP contribution in [0.4, 0.5) is 5.69 Å². The molecule has 102 valence electrons. The molecule has 0 bridgehead atoms. The van der Waals surface area contributed by atoms with Crippen LogP contribution < -0.4 is 5.32 Å². The van der Waals surface area contributed by atoms with E-state index in [-0.39, 0.29) is 0 Å². The van der Waals surface area contributed by atoms with Gasteiger partial charge in [0, 0.05) is 12.2 Å². The quantitative estimate of drug-likeness (QED) is 0.744. The molecule has 20 heavy (non-hydrogen) atoms. The predicted octanol–water partition coefficient (Wildman–Crippen LogP) is 4.83. The van der Waals surface area contributed by atoms with Gasteiger partial charge >= 0.3 is 0 Å². The third kappa shape index (κ3) is 2.54. The van der Waals surface area contributed by atoms with Gasteiger partial charge in [-0.25, -0.2) is 4.98 Å². The molecule has 3 heteroatoms. The van der Waals surface area contributed by atoms with Crippen LogP contribution in [0, 0.1) is 20.8 Å². The summed E-state index contributed by atoms with van der Waals surface area (Å²) in [5.41, 5.74) is 6.31. The van der Waals surface area contributed by atoms with E-state index in [4.69, 9.17) is 0 Å². The Balaban J connectivity index is 1.81. The normalized spacial score (nSPS) is 10.9. The molecule has 0 amide bonds. The first-order chi connectivity index (χ1) is 9.63. The van der Waals surface area contributed by atoms with E-state index in [1.807, 2.05) is 6.92 Å². The van der Waals surface area contributed by atoms with Gasteiger partial charge in [-0.2, -0.15) is 0 Å². The van der Waals surface area contributed by atoms with Crippen molar-refractivity contribution in [1.82, 2.24) is 4.98 Å². The molecule has 2 nitrogen and oxygen atoms in total. The molecular weight excluding hydrogens is 264 g/mol. The van der Waals surface area contributed by atoms with Gasteiger partial charge in [0.2, 0.25) is 0 Å². The van der Waals surface area contributed by atoms with Gasteiger partial charge in [-0.05, 0) is 55.7 Å². The molecule has 0 radical (unpaired) electrons. The summed E-state index contributed by atoms with van der Waals surface area (Å²) >= 11 is 1.74. The third-order valence-corrected chi connectivity index (χ3v) is 4.63. The smallest absolute Gasteiger partial charge is 0.0907 e. The maximum absolute atomic E-state index is 4.49. The fourth-order valence-electron chi connectivity index (χ4n) is 2.35. The maximum atomic E-state index is 4.49. The number of aryl methyl sites for hydroxylation is 2. The maximum Gasteiger partial charge on any atom is 0.0907 e. The highest BCUT2D eigenvalue weighted by Gasteiger charge is 2.03. The van der Waals surface area contributed by atoms with Crippen LogP contribution in [0.25, 0.3) is 10.2 Å². The highest BCUT2D eigenvalue weighted by Crippen LogP contribution is 2.25. The Morgan fingerprint density at radius 3 is 2.80 bits per heavy atom. The minimum atomic E-state index is 0.858. The van der Waals surface area contributed by atoms with E-state index in [0.29, 0.717) is 0 Å². The Morgan fingerprint density at radius 2 is 1.95 bits per heavy atom. The van der Waals surface area contributed by atoms with E-state index < -0.39 is 0 Å². The summed E-state index contributed by atoms with van der Waals surface area (Å²) in [4.78, 5) is 4.49. The van der Waals surface area contributed by atoms with Gasteiger partial charge in [-0.1, -0.05) is 18.2 Å². The lowest BCUT2D eigenvalue weighted by Crippen LogP contribution is -2.02. The average Bonchev–Trinajstić information content (AvgIpc) is 2.79. The fraction of sp³-hybridized carbons (Fsp3) is 0.235. The summed E-state index contributed by atoms with van der Waals surface area (Å²) in [6.45, 7) is 7.25. The molecule has 0 unspecified atom stereocenters. The molecule has 0 fully saturated rings. The Bertz CT molecular complexity index is 759. The largest absolute Gasteiger partial charge is 0.381 e. The molecule has 0 aliphatic heterocycles. The molecule has 0 saturated heterocycles. The lowest BCUT2D eigenvalue weighted by Gasteiger charge is -2.10. The number of anilines is 1. The second-order valence-corrected chi connectivity index (χ2v) is 6.36. The summed E-state index contributed by atoms with van der Waals surface area (Å²) in [7, 11) is 0. The van der Waals surface area contributed by atoms with Gasteiger partial charge in [0.25, 0.3) is 0 Å². The summed E-state index contributed by atoms with van der Waals surface area (Å²) in [6, 6.07) is 12.8. The highest BCUT2D eigenvalue weighted by atomic mass is 32.1. The van der Waals surface area contributed by atoms with Crippen LogP contribution in [0.5, 0.6) is 0 Å². The van der Waals surface area contributed by atoms with E-state index in [1.165, 1.54) is 21.4 Å². The molecular formula is C17H18N2S. The number of aromatic nitrogens is 1. The molecule has 2 aromatic carbocycles. The van der Waals surface area contributed by atoms with Crippen molar-refractivity contribution in [3.63, 3.8) is 0 Å². The molecule has 0 spiro atoms. The molecule has 0 aliphatic carbocycles. The molecule has 1 aromatic heterocycles. The summed E-state index contributed by atoms with van der Waals surface area (Å²) in [6.07, 6.45) is 0. The van der Waals surface area contributed by atoms with Crippen LogP contribution in [0.1, 0.15) is 21.7 Å². The predicted molar refractivity (Wildman–Crippen MR) is 87.6 cm³/mol. The first-order valence-electron chi connectivity index (χ1n) is 6.79. The number of hydrogen-bond donors (Lipinski definition) is 1. The number of hydrogen-bond acceptors (Lipinski definition) is 3. The van der Waals surface area contributed by atoms with Crippen LogP contribution in [-0.2, 0) is 6.54 Å². The monoisotopic (exact) mass is 282 g/mol. The summed E-state index contributed by atoms with van der Waals surface area (Å²) < 4.78 is 1.24. The van der Waals surface area contributed by atoms with Crippen LogP contribution in [-0.4, -0.2) is 4.98 Å². The number of rotatable bonds is 3. The van der Waals surface area contributed by atoms with E-state index in [1.54, 1.807) is 11.3 Å². The van der Waals surface area contributed by atoms with Crippen molar-refractivity contribution in [2.75, 3.05) is 5.32 Å². The zero-order chi connectivity index (χ0) is 14.1. The lowest BCUT2D eigenvalue weighted by molar-refractivity contribution is 1.10. The van der Waals surface area contributed by atoms with E-state index in [2.05, 4.69) is 60.5 Å². The van der Waals surface area contributed by atoms with Crippen molar-refractivity contribution in [3.8, 4) is 0 Å². The molecule has 0 atom stereocenters. The van der Waals surface area contributed by atoms with Crippen molar-refractivity contribution in [1.29, 1.82) is 0 Å². The highest BCUT2D eigenvalue weighted by molar-refractivity contribution is 7.18. The molecule has 0 saturated carbocycles. The zero-order valence-electron chi connectivity index (χ0n) is 12.0. The van der Waals surface area contributed by atoms with Gasteiger partial charge in [0.15, 0.2) is 0 Å². The van der Waals surface area contributed by atoms with Crippen molar-refractivity contribution in [3.05, 3.63) is 58.1 Å². The second kappa shape index (κ2) is 5.25. The van der Waals surface area contributed by atoms with Crippen LogP contribution >= 0.6 is 11.3 Å². The Labute approximate surface area is 123 Å². The standard InChI is InChI=1S/C17H18N2S/c1-11-5-4-6-14(12(11)2)10-18-15-7-8-16-17(9-15)20-13(3)19-16/h4-9,18H,10H2,1-3H3. The molecule has 1 heterocycles. The SMILES string of the molecule is Cc1nc2ccc(NCc3cccc(C)c3C)cc2s1. The van der Waals surface area contributed by atoms with Crippen molar-refractivity contribution in [2.24, 2.45) is 0 Å². The zero-order valence-corrected chi connectivity index (χ0v) is 12.8. The van der Waals surface area contributed by atoms with Crippen LogP contribution in [0.15, 0.2) is 36.4 Å². The number of fused-ring (bicyclic) bond motifs is 1. The van der Waals surface area contributed by atoms with Crippen LogP contribution in [0.3, 0.4) is 0 Å². The number of benzene rings is 2. The number of nitrogens with zero attached hydrogens (tertiary/aromatic N) is 1. The Hall–Kier alpha value is -1.87. The molecule has 0 aliphatic rings. The van der Waals surface area contributed by atoms with Crippen molar-refractivity contribution in [2.45, 2.75) is 27.3 Å². The topological polar surface area (TPSA) is 24.9 Å². The van der Waals surface area contributed by atoms with Gasteiger partial charge < -0.3 is 5.32 Å². The van der Waals surface area contributed by atoms with E-state index in [0.717, 1.165) is 22.8 Å². The van der Waals surface area contributed by atoms with Gasteiger partial charge in [0.05, 0.1) is 15.2 Å². The van der Waals surface area contributed by atoms with E-state index in [9.17, 15) is 0 Å². The molecule has 3 aromatic rings. The Kier molecular flexibility index (Phi) is 3.45. The second-order valence-electron chi connectivity index (χ2n) is 5.13. The number of thiazole rings is 1. The average molecular weight is 282 g/mol. The van der Waals surface area contributed by atoms with Gasteiger partial charge in [-0.15, -0.1) is 11.3 Å². The molecule has 1 N–H and O–H groups in total. The number of nitrogens with one attached hydrogen (secondary N) is 1. The lowest BCUT2D eigenvalue weighted by atomic mass is 10.0. The van der Waals surface area contributed by atoms with Crippen molar-refractivity contribution >= 4 is 27.2 Å². The first-order valence-corrected chi connectivity index (χ1v) is 7.61.